The van der Waals surface area contributed by atoms with Gasteiger partial charge in [-0.3, -0.25) is 9.59 Å². The first kappa shape index (κ1) is 20.5. The lowest BCUT2D eigenvalue weighted by Crippen LogP contribution is -2.32. The molecule has 2 aromatic heterocycles. The number of aromatic amines is 1. The van der Waals surface area contributed by atoms with Crippen LogP contribution in [0.5, 0.6) is 0 Å². The third-order valence-electron chi connectivity index (χ3n) is 5.18. The van der Waals surface area contributed by atoms with E-state index in [1.54, 1.807) is 29.3 Å². The molecule has 0 spiro atoms. The van der Waals surface area contributed by atoms with Crippen molar-refractivity contribution in [1.29, 1.82) is 0 Å². The molecule has 0 aliphatic heterocycles. The van der Waals surface area contributed by atoms with Crippen molar-refractivity contribution in [2.24, 2.45) is 0 Å². The van der Waals surface area contributed by atoms with Crippen LogP contribution in [0.25, 0.3) is 22.2 Å². The van der Waals surface area contributed by atoms with Crippen molar-refractivity contribution < 1.29 is 9.21 Å². The highest BCUT2D eigenvalue weighted by Gasteiger charge is 2.16. The standard InChI is InChI=1S/C24H24N4O3/c1-3-28(15-21-26-19-7-5-4-6-18(19)24(30)27-21)23(29)13-12-22-25-14-20(31-22)17-10-8-16(2)9-11-17/h4-11,14H,3,12-13,15H2,1-2H3,(H,26,27,30). The predicted molar refractivity (Wildman–Crippen MR) is 118 cm³/mol. The van der Waals surface area contributed by atoms with E-state index in [2.05, 4.69) is 15.0 Å². The van der Waals surface area contributed by atoms with Crippen LogP contribution in [-0.4, -0.2) is 32.3 Å². The van der Waals surface area contributed by atoms with Crippen molar-refractivity contribution in [1.82, 2.24) is 19.9 Å². The van der Waals surface area contributed by atoms with Crippen molar-refractivity contribution >= 4 is 16.8 Å². The number of carbonyl (C=O) groups is 1. The molecule has 0 aliphatic carbocycles. The van der Waals surface area contributed by atoms with E-state index in [0.717, 1.165) is 5.56 Å². The van der Waals surface area contributed by atoms with Crippen molar-refractivity contribution in [2.45, 2.75) is 33.2 Å². The fourth-order valence-corrected chi connectivity index (χ4v) is 3.42. The van der Waals surface area contributed by atoms with Gasteiger partial charge in [0.2, 0.25) is 5.91 Å². The molecule has 4 rings (SSSR count). The zero-order valence-electron chi connectivity index (χ0n) is 17.6. The molecule has 4 aromatic rings. The number of hydrogen-bond acceptors (Lipinski definition) is 5. The summed E-state index contributed by atoms with van der Waals surface area (Å²) < 4.78 is 5.81. The topological polar surface area (TPSA) is 92.1 Å². The van der Waals surface area contributed by atoms with Gasteiger partial charge in [0.1, 0.15) is 5.82 Å². The van der Waals surface area contributed by atoms with Crippen LogP contribution in [0.15, 0.2) is 63.9 Å². The summed E-state index contributed by atoms with van der Waals surface area (Å²) in [6, 6.07) is 15.2. The maximum Gasteiger partial charge on any atom is 0.258 e. The fourth-order valence-electron chi connectivity index (χ4n) is 3.42. The highest BCUT2D eigenvalue weighted by Crippen LogP contribution is 2.21. The van der Waals surface area contributed by atoms with Gasteiger partial charge in [0.05, 0.1) is 23.6 Å². The molecule has 31 heavy (non-hydrogen) atoms. The second-order valence-corrected chi connectivity index (χ2v) is 7.42. The third-order valence-corrected chi connectivity index (χ3v) is 5.18. The van der Waals surface area contributed by atoms with Crippen LogP contribution >= 0.6 is 0 Å². The Labute approximate surface area is 179 Å². The molecule has 158 valence electrons. The lowest BCUT2D eigenvalue weighted by Gasteiger charge is -2.20. The molecule has 0 unspecified atom stereocenters. The molecule has 2 heterocycles. The summed E-state index contributed by atoms with van der Waals surface area (Å²) >= 11 is 0. The Bertz CT molecular complexity index is 1260. The van der Waals surface area contributed by atoms with Crippen LogP contribution in [0.2, 0.25) is 0 Å². The second-order valence-electron chi connectivity index (χ2n) is 7.42. The van der Waals surface area contributed by atoms with Gasteiger partial charge in [0, 0.05) is 24.9 Å². The highest BCUT2D eigenvalue weighted by atomic mass is 16.4. The Morgan fingerprint density at radius 3 is 2.68 bits per heavy atom. The Morgan fingerprint density at radius 1 is 1.13 bits per heavy atom. The Hall–Kier alpha value is -3.74. The number of oxazole rings is 1. The summed E-state index contributed by atoms with van der Waals surface area (Å²) in [6.45, 7) is 4.69. The lowest BCUT2D eigenvalue weighted by molar-refractivity contribution is -0.131. The van der Waals surface area contributed by atoms with Crippen molar-refractivity contribution in [3.8, 4) is 11.3 Å². The smallest absolute Gasteiger partial charge is 0.258 e. The number of amides is 1. The summed E-state index contributed by atoms with van der Waals surface area (Å²) in [5.74, 6) is 1.63. The second kappa shape index (κ2) is 8.95. The van der Waals surface area contributed by atoms with E-state index in [0.29, 0.717) is 41.3 Å². The van der Waals surface area contributed by atoms with Crippen LogP contribution in [0.1, 0.15) is 30.6 Å². The minimum Gasteiger partial charge on any atom is -0.441 e. The fraction of sp³-hybridized carbons (Fsp3) is 0.250. The van der Waals surface area contributed by atoms with E-state index in [9.17, 15) is 9.59 Å². The first-order valence-corrected chi connectivity index (χ1v) is 10.3. The number of H-pyrrole nitrogens is 1. The van der Waals surface area contributed by atoms with Crippen molar-refractivity contribution in [2.75, 3.05) is 6.54 Å². The van der Waals surface area contributed by atoms with E-state index < -0.39 is 0 Å². The van der Waals surface area contributed by atoms with Gasteiger partial charge in [0.25, 0.3) is 5.56 Å². The van der Waals surface area contributed by atoms with E-state index >= 15 is 0 Å². The number of rotatable bonds is 7. The van der Waals surface area contributed by atoms with Crippen molar-refractivity contribution in [3.05, 3.63) is 82.4 Å². The third kappa shape index (κ3) is 4.71. The zero-order chi connectivity index (χ0) is 21.8. The molecule has 7 heteroatoms. The molecule has 0 fully saturated rings. The van der Waals surface area contributed by atoms with Gasteiger partial charge in [-0.2, -0.15) is 0 Å². The molecule has 1 N–H and O–H groups in total. The number of para-hydroxylation sites is 1. The summed E-state index contributed by atoms with van der Waals surface area (Å²) in [7, 11) is 0. The molecular weight excluding hydrogens is 392 g/mol. The van der Waals surface area contributed by atoms with E-state index in [4.69, 9.17) is 4.42 Å². The molecule has 0 aliphatic rings. The van der Waals surface area contributed by atoms with Crippen LogP contribution in [0, 0.1) is 6.92 Å². The number of aromatic nitrogens is 3. The molecule has 1 amide bonds. The minimum absolute atomic E-state index is 0.0478. The van der Waals surface area contributed by atoms with Gasteiger partial charge in [-0.25, -0.2) is 9.97 Å². The number of nitrogens with one attached hydrogen (secondary N) is 1. The number of fused-ring (bicyclic) bond motifs is 1. The molecule has 2 aromatic carbocycles. The monoisotopic (exact) mass is 416 g/mol. The largest absolute Gasteiger partial charge is 0.441 e. The number of carbonyl (C=O) groups excluding carboxylic acids is 1. The van der Waals surface area contributed by atoms with Gasteiger partial charge < -0.3 is 14.3 Å². The highest BCUT2D eigenvalue weighted by molar-refractivity contribution is 5.78. The normalized spacial score (nSPS) is 11.0. The van der Waals surface area contributed by atoms with E-state index in [1.807, 2.05) is 44.2 Å². The zero-order valence-corrected chi connectivity index (χ0v) is 17.6. The van der Waals surface area contributed by atoms with Gasteiger partial charge in [-0.05, 0) is 26.0 Å². The van der Waals surface area contributed by atoms with E-state index in [-0.39, 0.29) is 24.4 Å². The van der Waals surface area contributed by atoms with Gasteiger partial charge in [0.15, 0.2) is 11.7 Å². The number of hydrogen-bond donors (Lipinski definition) is 1. The molecule has 0 bridgehead atoms. The summed E-state index contributed by atoms with van der Waals surface area (Å²) in [6.07, 6.45) is 2.36. The lowest BCUT2D eigenvalue weighted by atomic mass is 10.1. The Balaban J connectivity index is 1.41. The quantitative estimate of drug-likeness (QED) is 0.494. The molecule has 7 nitrogen and oxygen atoms in total. The molecule has 0 radical (unpaired) electrons. The summed E-state index contributed by atoms with van der Waals surface area (Å²) in [5, 5.41) is 0.536. The minimum atomic E-state index is -0.201. The Morgan fingerprint density at radius 2 is 1.90 bits per heavy atom. The summed E-state index contributed by atoms with van der Waals surface area (Å²) in [4.78, 5) is 38.3. The van der Waals surface area contributed by atoms with Gasteiger partial charge in [-0.15, -0.1) is 0 Å². The number of benzene rings is 2. The number of aryl methyl sites for hydroxylation is 2. The van der Waals surface area contributed by atoms with Crippen LogP contribution in [0.4, 0.5) is 0 Å². The molecule has 0 atom stereocenters. The average Bonchev–Trinajstić information content (AvgIpc) is 3.25. The first-order chi connectivity index (χ1) is 15.0. The van der Waals surface area contributed by atoms with E-state index in [1.165, 1.54) is 5.56 Å². The summed E-state index contributed by atoms with van der Waals surface area (Å²) in [5.41, 5.74) is 2.55. The predicted octanol–water partition coefficient (Wildman–Crippen LogP) is 3.87. The van der Waals surface area contributed by atoms with Crippen LogP contribution in [0.3, 0.4) is 0 Å². The SMILES string of the molecule is CCN(Cc1nc2ccccc2c(=O)[nH]1)C(=O)CCc1ncc(-c2ccc(C)cc2)o1. The molecule has 0 saturated heterocycles. The van der Waals surface area contributed by atoms with Gasteiger partial charge in [-0.1, -0.05) is 42.0 Å². The molecule has 0 saturated carbocycles. The van der Waals surface area contributed by atoms with Crippen LogP contribution in [-0.2, 0) is 17.8 Å². The Kier molecular flexibility index (Phi) is 5.93. The first-order valence-electron chi connectivity index (χ1n) is 10.3. The maximum absolute atomic E-state index is 12.8. The van der Waals surface area contributed by atoms with Gasteiger partial charge >= 0.3 is 0 Å². The molecular formula is C24H24N4O3. The van der Waals surface area contributed by atoms with Crippen molar-refractivity contribution in [3.63, 3.8) is 0 Å². The maximum atomic E-state index is 12.8. The van der Waals surface area contributed by atoms with Crippen LogP contribution < -0.4 is 5.56 Å². The number of nitrogens with zero attached hydrogens (tertiary/aromatic N) is 3. The average molecular weight is 416 g/mol.